The van der Waals surface area contributed by atoms with Gasteiger partial charge in [0.15, 0.2) is 11.7 Å². The number of thiazole rings is 1. The molecular formula is C20H26F3IN4O2S. The molecule has 1 aromatic heterocycles. The zero-order valence-electron chi connectivity index (χ0n) is 17.1. The molecule has 6 nitrogen and oxygen atoms in total. The van der Waals surface area contributed by atoms with E-state index < -0.39 is 11.9 Å². The summed E-state index contributed by atoms with van der Waals surface area (Å²) >= 11 is 0.964. The van der Waals surface area contributed by atoms with Crippen molar-refractivity contribution in [3.8, 4) is 0 Å². The first-order valence-corrected chi connectivity index (χ1v) is 10.6. The first kappa shape index (κ1) is 25.8. The highest BCUT2D eigenvalue weighted by Crippen LogP contribution is 2.29. The lowest BCUT2D eigenvalue weighted by Gasteiger charge is -2.22. The number of guanidine groups is 1. The van der Waals surface area contributed by atoms with E-state index in [-0.39, 0.29) is 36.6 Å². The predicted octanol–water partition coefficient (Wildman–Crippen LogP) is 4.34. The standard InChI is InChI=1S/C20H25F3N4O2S.HI/c1-24-19(26-11-18-27-17(13-30-18)20(21,22)23)25-10-14-3-2-4-15(9-14)12-29-16-5-7-28-8-6-16;/h2-4,9,13,16H,5-8,10-12H2,1H3,(H2,24,25,26);1H. The summed E-state index contributed by atoms with van der Waals surface area (Å²) in [6.07, 6.45) is -2.33. The normalized spacial score (nSPS) is 15.4. The summed E-state index contributed by atoms with van der Waals surface area (Å²) in [5.41, 5.74) is 1.28. The van der Waals surface area contributed by atoms with Gasteiger partial charge in [-0.15, -0.1) is 35.3 Å². The number of ether oxygens (including phenoxy) is 2. The van der Waals surface area contributed by atoms with E-state index in [0.717, 1.165) is 53.9 Å². The fraction of sp³-hybridized carbons (Fsp3) is 0.500. The molecule has 0 saturated carbocycles. The average molecular weight is 570 g/mol. The zero-order valence-corrected chi connectivity index (χ0v) is 20.2. The van der Waals surface area contributed by atoms with Crippen LogP contribution in [0.5, 0.6) is 0 Å². The molecule has 1 aliphatic heterocycles. The van der Waals surface area contributed by atoms with Crippen molar-refractivity contribution in [1.29, 1.82) is 0 Å². The maximum absolute atomic E-state index is 12.6. The monoisotopic (exact) mass is 570 g/mol. The van der Waals surface area contributed by atoms with E-state index >= 15 is 0 Å². The number of aliphatic imine (C=N–C) groups is 1. The minimum atomic E-state index is -4.42. The van der Waals surface area contributed by atoms with Gasteiger partial charge in [0.05, 0.1) is 19.3 Å². The second kappa shape index (κ2) is 12.6. The highest BCUT2D eigenvalue weighted by atomic mass is 127. The Labute approximate surface area is 200 Å². The van der Waals surface area contributed by atoms with Crippen LogP contribution in [0.1, 0.15) is 34.7 Å². The molecule has 1 aliphatic rings. The van der Waals surface area contributed by atoms with Gasteiger partial charge in [-0.3, -0.25) is 4.99 Å². The second-order valence-electron chi connectivity index (χ2n) is 6.85. The summed E-state index contributed by atoms with van der Waals surface area (Å²) < 4.78 is 49.2. The van der Waals surface area contributed by atoms with Gasteiger partial charge in [0, 0.05) is 32.2 Å². The van der Waals surface area contributed by atoms with Crippen LogP contribution in [0.4, 0.5) is 13.2 Å². The molecule has 0 spiro atoms. The third kappa shape index (κ3) is 8.54. The quantitative estimate of drug-likeness (QED) is 0.295. The largest absolute Gasteiger partial charge is 0.434 e. The van der Waals surface area contributed by atoms with Crippen molar-refractivity contribution in [2.75, 3.05) is 20.3 Å². The van der Waals surface area contributed by atoms with E-state index in [4.69, 9.17) is 9.47 Å². The van der Waals surface area contributed by atoms with Crippen LogP contribution in [0.15, 0.2) is 34.6 Å². The number of rotatable bonds is 7. The molecule has 0 aliphatic carbocycles. The van der Waals surface area contributed by atoms with Gasteiger partial charge in [0.2, 0.25) is 0 Å². The number of alkyl halides is 3. The van der Waals surface area contributed by atoms with Gasteiger partial charge in [-0.25, -0.2) is 4.98 Å². The molecule has 172 valence electrons. The van der Waals surface area contributed by atoms with Crippen LogP contribution in [-0.2, 0) is 35.3 Å². The summed E-state index contributed by atoms with van der Waals surface area (Å²) in [7, 11) is 1.61. The Morgan fingerprint density at radius 3 is 2.61 bits per heavy atom. The van der Waals surface area contributed by atoms with Crippen molar-refractivity contribution in [2.45, 2.75) is 44.8 Å². The maximum Gasteiger partial charge on any atom is 0.434 e. The fourth-order valence-electron chi connectivity index (χ4n) is 2.97. The van der Waals surface area contributed by atoms with Gasteiger partial charge in [-0.05, 0) is 24.0 Å². The van der Waals surface area contributed by atoms with E-state index in [1.807, 2.05) is 18.2 Å². The molecule has 1 fully saturated rings. The van der Waals surface area contributed by atoms with Gasteiger partial charge < -0.3 is 20.1 Å². The summed E-state index contributed by atoms with van der Waals surface area (Å²) in [6, 6.07) is 8.06. The summed E-state index contributed by atoms with van der Waals surface area (Å²) in [5.74, 6) is 0.489. The molecule has 11 heteroatoms. The van der Waals surface area contributed by atoms with Crippen molar-refractivity contribution >= 4 is 41.3 Å². The van der Waals surface area contributed by atoms with Gasteiger partial charge >= 0.3 is 6.18 Å². The van der Waals surface area contributed by atoms with E-state index in [1.165, 1.54) is 0 Å². The van der Waals surface area contributed by atoms with Crippen LogP contribution in [0.25, 0.3) is 0 Å². The van der Waals surface area contributed by atoms with E-state index in [0.29, 0.717) is 24.1 Å². The number of aromatic nitrogens is 1. The first-order valence-electron chi connectivity index (χ1n) is 9.67. The molecule has 0 radical (unpaired) electrons. The minimum Gasteiger partial charge on any atom is -0.381 e. The average Bonchev–Trinajstić information content (AvgIpc) is 3.23. The number of halogens is 4. The van der Waals surface area contributed by atoms with Crippen molar-refractivity contribution in [3.63, 3.8) is 0 Å². The van der Waals surface area contributed by atoms with Gasteiger partial charge in [-0.2, -0.15) is 13.2 Å². The lowest BCUT2D eigenvalue weighted by atomic mass is 10.1. The van der Waals surface area contributed by atoms with Gasteiger partial charge in [0.1, 0.15) is 5.01 Å². The fourth-order valence-corrected chi connectivity index (χ4v) is 3.71. The van der Waals surface area contributed by atoms with E-state index in [2.05, 4.69) is 26.7 Å². The SMILES string of the molecule is CN=C(NCc1cccc(COC2CCOCC2)c1)NCc1nc(C(F)(F)F)cs1.I. The molecule has 31 heavy (non-hydrogen) atoms. The highest BCUT2D eigenvalue weighted by molar-refractivity contribution is 14.0. The van der Waals surface area contributed by atoms with Crippen LogP contribution in [0.2, 0.25) is 0 Å². The van der Waals surface area contributed by atoms with Crippen molar-refractivity contribution in [3.05, 3.63) is 51.5 Å². The molecule has 0 unspecified atom stereocenters. The molecule has 2 heterocycles. The number of nitrogens with zero attached hydrogens (tertiary/aromatic N) is 2. The van der Waals surface area contributed by atoms with Crippen molar-refractivity contribution < 1.29 is 22.6 Å². The Morgan fingerprint density at radius 2 is 1.94 bits per heavy atom. The van der Waals surface area contributed by atoms with Crippen LogP contribution in [0.3, 0.4) is 0 Å². The Hall–Kier alpha value is -1.44. The van der Waals surface area contributed by atoms with Gasteiger partial charge in [-0.1, -0.05) is 24.3 Å². The van der Waals surface area contributed by atoms with E-state index in [9.17, 15) is 13.2 Å². The number of hydrogen-bond acceptors (Lipinski definition) is 5. The Balaban J connectivity index is 0.00000341. The summed E-state index contributed by atoms with van der Waals surface area (Å²) in [5, 5.41) is 7.51. The van der Waals surface area contributed by atoms with Crippen LogP contribution in [0, 0.1) is 0 Å². The van der Waals surface area contributed by atoms with Crippen LogP contribution in [-0.4, -0.2) is 37.3 Å². The lowest BCUT2D eigenvalue weighted by Crippen LogP contribution is -2.36. The molecule has 3 rings (SSSR count). The van der Waals surface area contributed by atoms with Crippen LogP contribution < -0.4 is 10.6 Å². The topological polar surface area (TPSA) is 67.8 Å². The summed E-state index contributed by atoms with van der Waals surface area (Å²) in [6.45, 7) is 2.74. The molecule has 0 atom stereocenters. The number of hydrogen-bond donors (Lipinski definition) is 2. The van der Waals surface area contributed by atoms with Gasteiger partial charge in [0.25, 0.3) is 0 Å². The molecule has 2 aromatic rings. The first-order chi connectivity index (χ1) is 14.4. The smallest absolute Gasteiger partial charge is 0.381 e. The molecule has 0 bridgehead atoms. The van der Waals surface area contributed by atoms with E-state index in [1.54, 1.807) is 7.05 Å². The van der Waals surface area contributed by atoms with Crippen LogP contribution >= 0.6 is 35.3 Å². The lowest BCUT2D eigenvalue weighted by molar-refractivity contribution is -0.140. The molecule has 2 N–H and O–H groups in total. The molecule has 0 amide bonds. The summed E-state index contributed by atoms with van der Waals surface area (Å²) in [4.78, 5) is 7.71. The number of benzene rings is 1. The van der Waals surface area contributed by atoms with Crippen molar-refractivity contribution in [2.24, 2.45) is 4.99 Å². The Morgan fingerprint density at radius 1 is 1.23 bits per heavy atom. The van der Waals surface area contributed by atoms with Crippen molar-refractivity contribution in [1.82, 2.24) is 15.6 Å². The predicted molar refractivity (Wildman–Crippen MR) is 125 cm³/mol. The third-order valence-electron chi connectivity index (χ3n) is 4.58. The maximum atomic E-state index is 12.6. The molecule has 1 aromatic carbocycles. The molecular weight excluding hydrogens is 544 g/mol. The molecule has 1 saturated heterocycles. The number of nitrogens with one attached hydrogen (secondary N) is 2. The zero-order chi connectivity index (χ0) is 21.4. The Bertz CT molecular complexity index is 842. The highest BCUT2D eigenvalue weighted by Gasteiger charge is 2.33. The Kier molecular flexibility index (Phi) is 10.5. The second-order valence-corrected chi connectivity index (χ2v) is 7.79. The third-order valence-corrected chi connectivity index (χ3v) is 5.43. The minimum absolute atomic E-state index is 0.